The van der Waals surface area contributed by atoms with Crippen LogP contribution in [0.25, 0.3) is 10.9 Å². The standard InChI is InChI=1S/2C17H21BrN2O2.C11H17NO2.C6H5BrIN/c1-17(2,3)22-16(21)20-8-4-5-15(20)14-10-11-9-12(18)6-7-13(11)19-14;1-17(2,3)22-16(21)20-10-4-5-14(20)8-6-12-11-13(18)7-9-15(12)19;1-5-9-7-6-8-12(9)10(13)14-11(2,3)4;7-4-1-2-6(9)5(8)3-4/h6-7,9-10,15,19H,4-5,8H2,1-3H3;7,9,11,14H,4-5,10,19H2,1-3H3;1,9H,6-8H2,2-4H3;1-3H,9H2. The summed E-state index contributed by atoms with van der Waals surface area (Å²) < 4.78 is 20.4. The SMILES string of the molecule is C#CC1CCCN1C(=O)OC(C)(C)C.CC(C)(C)OC(=O)N1CCCC1C#Cc1cc(Br)ccc1N.CC(C)(C)OC(=O)N1CCCC1c1cc2cc(Br)ccc2[nH]1.Nc1ccc(Br)cc1I. The molecule has 0 saturated carbocycles. The fourth-order valence-corrected chi connectivity index (χ4v) is 9.21. The Kier molecular flexibility index (Phi) is 20.3. The molecule has 3 amide bonds. The number of aromatic amines is 1. The Labute approximate surface area is 435 Å². The van der Waals surface area contributed by atoms with Gasteiger partial charge in [0.25, 0.3) is 0 Å². The predicted octanol–water partition coefficient (Wildman–Crippen LogP) is 13.4. The van der Waals surface area contributed by atoms with Gasteiger partial charge in [0.05, 0.1) is 18.1 Å². The third-order valence-corrected chi connectivity index (χ3v) is 12.6. The van der Waals surface area contributed by atoms with Crippen molar-refractivity contribution >= 4 is 111 Å². The zero-order valence-corrected chi connectivity index (χ0v) is 46.8. The number of nitrogens with zero attached hydrogens (tertiary/aromatic N) is 3. The van der Waals surface area contributed by atoms with Gasteiger partial charge in [0.1, 0.15) is 16.8 Å². The molecule has 7 rings (SSSR count). The normalized spacial score (nSPS) is 17.9. The molecule has 3 unspecified atom stereocenters. The van der Waals surface area contributed by atoms with Crippen molar-refractivity contribution in [2.24, 2.45) is 0 Å². The number of nitrogens with two attached hydrogens (primary N) is 2. The maximum atomic E-state index is 12.4. The molecule has 3 atom stereocenters. The van der Waals surface area contributed by atoms with Crippen molar-refractivity contribution in [2.45, 2.75) is 136 Å². The number of rotatable bonds is 1. The molecule has 3 aliphatic rings. The first kappa shape index (κ1) is 55.5. The molecule has 67 heavy (non-hydrogen) atoms. The summed E-state index contributed by atoms with van der Waals surface area (Å²) in [4.78, 5) is 44.9. The first-order valence-corrected chi connectivity index (χ1v) is 25.7. The molecule has 4 aromatic rings. The van der Waals surface area contributed by atoms with Gasteiger partial charge in [-0.05, 0) is 184 Å². The Morgan fingerprint density at radius 3 is 1.66 bits per heavy atom. The van der Waals surface area contributed by atoms with Gasteiger partial charge in [0, 0.05) is 70.2 Å². The second kappa shape index (κ2) is 24.4. The summed E-state index contributed by atoms with van der Waals surface area (Å²) in [6, 6.07) is 19.5. The molecule has 0 bridgehead atoms. The van der Waals surface area contributed by atoms with E-state index in [9.17, 15) is 14.4 Å². The van der Waals surface area contributed by atoms with Crippen LogP contribution in [0.4, 0.5) is 25.8 Å². The number of hydrogen-bond donors (Lipinski definition) is 3. The Morgan fingerprint density at radius 2 is 1.12 bits per heavy atom. The second-order valence-corrected chi connectivity index (χ2v) is 23.2. The number of hydrogen-bond acceptors (Lipinski definition) is 8. The number of carbonyl (C=O) groups excluding carboxylic acids is 3. The minimum atomic E-state index is -0.494. The Hall–Kier alpha value is -4.10. The summed E-state index contributed by atoms with van der Waals surface area (Å²) in [5.41, 5.74) is 14.5. The fraction of sp³-hybridized carbons (Fsp3) is 0.471. The lowest BCUT2D eigenvalue weighted by molar-refractivity contribution is 0.0217. The lowest BCUT2D eigenvalue weighted by Crippen LogP contribution is -2.39. The predicted molar refractivity (Wildman–Crippen MR) is 288 cm³/mol. The summed E-state index contributed by atoms with van der Waals surface area (Å²) in [6.45, 7) is 19.0. The molecule has 12 nitrogen and oxygen atoms in total. The number of likely N-dealkylation sites (tertiary alicyclic amines) is 3. The zero-order valence-electron chi connectivity index (χ0n) is 39.9. The summed E-state index contributed by atoms with van der Waals surface area (Å²) in [7, 11) is 0. The Balaban J connectivity index is 0.000000205. The Morgan fingerprint density at radius 1 is 0.657 bits per heavy atom. The lowest BCUT2D eigenvalue weighted by Gasteiger charge is -2.28. The van der Waals surface area contributed by atoms with Gasteiger partial charge in [-0.25, -0.2) is 14.4 Å². The van der Waals surface area contributed by atoms with Crippen LogP contribution < -0.4 is 11.5 Å². The van der Waals surface area contributed by atoms with Crippen LogP contribution in [-0.4, -0.2) is 86.5 Å². The molecule has 0 spiro atoms. The molecule has 16 heteroatoms. The van der Waals surface area contributed by atoms with E-state index in [1.54, 1.807) is 9.80 Å². The number of halogens is 4. The van der Waals surface area contributed by atoms with Crippen molar-refractivity contribution < 1.29 is 28.6 Å². The molecule has 3 aromatic carbocycles. The second-order valence-electron chi connectivity index (χ2n) is 19.3. The van der Waals surface area contributed by atoms with E-state index in [0.717, 1.165) is 89.9 Å². The molecule has 3 fully saturated rings. The maximum absolute atomic E-state index is 12.4. The molecular weight excluding hydrogens is 1160 g/mol. The first-order chi connectivity index (χ1) is 31.2. The van der Waals surface area contributed by atoms with Crippen molar-refractivity contribution in [1.82, 2.24) is 19.7 Å². The smallest absolute Gasteiger partial charge is 0.411 e. The van der Waals surface area contributed by atoms with E-state index in [4.69, 9.17) is 32.1 Å². The van der Waals surface area contributed by atoms with Crippen LogP contribution in [0, 0.1) is 27.8 Å². The molecular formula is C51H64Br3IN6O6. The van der Waals surface area contributed by atoms with Crippen molar-refractivity contribution in [2.75, 3.05) is 31.1 Å². The van der Waals surface area contributed by atoms with Gasteiger partial charge in [-0.2, -0.15) is 0 Å². The van der Waals surface area contributed by atoms with Crippen molar-refractivity contribution in [3.8, 4) is 24.2 Å². The number of ether oxygens (including phenoxy) is 3. The molecule has 5 N–H and O–H groups in total. The van der Waals surface area contributed by atoms with Crippen LogP contribution >= 0.6 is 70.4 Å². The Bertz CT molecular complexity index is 2460. The summed E-state index contributed by atoms with van der Waals surface area (Å²) >= 11 is 12.4. The van der Waals surface area contributed by atoms with Gasteiger partial charge in [0.2, 0.25) is 0 Å². The number of terminal acetylenes is 1. The van der Waals surface area contributed by atoms with Crippen LogP contribution in [0.2, 0.25) is 0 Å². The quantitative estimate of drug-likeness (QED) is 0.0736. The molecule has 1 aromatic heterocycles. The monoisotopic (exact) mass is 1220 g/mol. The number of aromatic nitrogens is 1. The average molecular weight is 1220 g/mol. The summed E-state index contributed by atoms with van der Waals surface area (Å²) in [6.07, 6.45) is 10.1. The number of carbonyl (C=O) groups is 3. The molecule has 3 saturated heterocycles. The highest BCUT2D eigenvalue weighted by Crippen LogP contribution is 2.35. The van der Waals surface area contributed by atoms with Gasteiger partial charge in [0.15, 0.2) is 0 Å². The number of amides is 3. The molecule has 362 valence electrons. The van der Waals surface area contributed by atoms with Crippen molar-refractivity contribution in [3.63, 3.8) is 0 Å². The topological polar surface area (TPSA) is 156 Å². The van der Waals surface area contributed by atoms with Crippen LogP contribution in [0.3, 0.4) is 0 Å². The minimum absolute atomic E-state index is 0.0704. The lowest BCUT2D eigenvalue weighted by atomic mass is 10.1. The zero-order chi connectivity index (χ0) is 49.9. The van der Waals surface area contributed by atoms with Crippen molar-refractivity contribution in [3.05, 3.63) is 88.9 Å². The van der Waals surface area contributed by atoms with E-state index in [1.165, 1.54) is 0 Å². The molecule has 0 aliphatic carbocycles. The van der Waals surface area contributed by atoms with Gasteiger partial charge >= 0.3 is 18.3 Å². The van der Waals surface area contributed by atoms with E-state index in [2.05, 4.69) is 111 Å². The number of nitrogen functional groups attached to an aromatic ring is 2. The average Bonchev–Trinajstić information content (AvgIpc) is 4.05. The van der Waals surface area contributed by atoms with E-state index < -0.39 is 16.8 Å². The van der Waals surface area contributed by atoms with Crippen LogP contribution in [0.1, 0.15) is 118 Å². The fourth-order valence-electron chi connectivity index (χ4n) is 7.17. The molecule has 0 radical (unpaired) electrons. The highest BCUT2D eigenvalue weighted by atomic mass is 127. The van der Waals surface area contributed by atoms with E-state index in [-0.39, 0.29) is 36.4 Å². The highest BCUT2D eigenvalue weighted by Gasteiger charge is 2.35. The van der Waals surface area contributed by atoms with Gasteiger partial charge in [-0.1, -0.05) is 65.6 Å². The van der Waals surface area contributed by atoms with Crippen LogP contribution in [-0.2, 0) is 14.2 Å². The van der Waals surface area contributed by atoms with Crippen LogP contribution in [0.15, 0.2) is 74.1 Å². The minimum Gasteiger partial charge on any atom is -0.444 e. The number of benzene rings is 3. The molecule has 3 aliphatic heterocycles. The van der Waals surface area contributed by atoms with E-state index in [1.807, 2.05) is 110 Å². The number of fused-ring (bicyclic) bond motifs is 1. The maximum Gasteiger partial charge on any atom is 0.411 e. The largest absolute Gasteiger partial charge is 0.444 e. The summed E-state index contributed by atoms with van der Waals surface area (Å²) in [5, 5.41) is 1.15. The number of nitrogens with one attached hydrogen (secondary N) is 1. The van der Waals surface area contributed by atoms with E-state index in [0.29, 0.717) is 18.8 Å². The number of anilines is 2. The first-order valence-electron chi connectivity index (χ1n) is 22.2. The summed E-state index contributed by atoms with van der Waals surface area (Å²) in [5.74, 6) is 8.85. The van der Waals surface area contributed by atoms with Gasteiger partial charge in [-0.15, -0.1) is 6.42 Å². The van der Waals surface area contributed by atoms with Crippen LogP contribution in [0.5, 0.6) is 0 Å². The number of H-pyrrole nitrogens is 1. The highest BCUT2D eigenvalue weighted by molar-refractivity contribution is 14.1. The van der Waals surface area contributed by atoms with E-state index >= 15 is 0 Å². The third-order valence-electron chi connectivity index (χ3n) is 10.1. The van der Waals surface area contributed by atoms with Gasteiger partial charge in [-0.3, -0.25) is 14.7 Å². The molecule has 4 heterocycles. The van der Waals surface area contributed by atoms with Gasteiger partial charge < -0.3 is 30.7 Å². The third kappa shape index (κ3) is 18.1. The van der Waals surface area contributed by atoms with Crippen molar-refractivity contribution in [1.29, 1.82) is 0 Å².